The summed E-state index contributed by atoms with van der Waals surface area (Å²) in [5, 5.41) is 8.76. The summed E-state index contributed by atoms with van der Waals surface area (Å²) in [5.41, 5.74) is 1.58. The van der Waals surface area contributed by atoms with Crippen LogP contribution >= 0.6 is 11.3 Å². The van der Waals surface area contributed by atoms with Gasteiger partial charge in [-0.15, -0.1) is 11.3 Å². The molecule has 1 aliphatic rings. The summed E-state index contributed by atoms with van der Waals surface area (Å²) in [6.07, 6.45) is 1.02. The minimum Gasteiger partial charge on any atom is -0.362 e. The third-order valence-corrected chi connectivity index (χ3v) is 5.41. The third kappa shape index (κ3) is 5.77. The van der Waals surface area contributed by atoms with Crippen LogP contribution in [-0.4, -0.2) is 65.9 Å². The normalized spacial score (nSPS) is 14.7. The Kier molecular flexibility index (Phi) is 7.39. The maximum Gasteiger partial charge on any atom is 0.273 e. The highest BCUT2D eigenvalue weighted by atomic mass is 32.1. The van der Waals surface area contributed by atoms with Crippen LogP contribution in [0.1, 0.15) is 29.4 Å². The number of amides is 2. The lowest BCUT2D eigenvalue weighted by Crippen LogP contribution is -2.51. The van der Waals surface area contributed by atoms with Crippen molar-refractivity contribution < 1.29 is 9.59 Å². The Morgan fingerprint density at radius 2 is 1.89 bits per heavy atom. The number of rotatable bonds is 8. The molecule has 0 bridgehead atoms. The van der Waals surface area contributed by atoms with Gasteiger partial charge in [0.05, 0.1) is 6.54 Å². The molecule has 0 radical (unpaired) electrons. The number of nitrogens with zero attached hydrogens (tertiary/aromatic N) is 3. The smallest absolute Gasteiger partial charge is 0.273 e. The van der Waals surface area contributed by atoms with Gasteiger partial charge in [-0.25, -0.2) is 4.98 Å². The Morgan fingerprint density at radius 1 is 1.14 bits per heavy atom. The first-order chi connectivity index (χ1) is 13.7. The van der Waals surface area contributed by atoms with E-state index >= 15 is 0 Å². The molecule has 1 fully saturated rings. The van der Waals surface area contributed by atoms with Crippen LogP contribution in [0.2, 0.25) is 0 Å². The fourth-order valence-corrected chi connectivity index (χ4v) is 3.72. The van der Waals surface area contributed by atoms with Crippen molar-refractivity contribution in [1.29, 1.82) is 0 Å². The molecule has 1 saturated heterocycles. The first kappa shape index (κ1) is 20.3. The molecular weight excluding hydrogens is 374 g/mol. The van der Waals surface area contributed by atoms with Gasteiger partial charge in [-0.3, -0.25) is 14.5 Å². The third-order valence-electron chi connectivity index (χ3n) is 4.61. The molecule has 7 nitrogen and oxygen atoms in total. The molecule has 28 heavy (non-hydrogen) atoms. The topological polar surface area (TPSA) is 77.6 Å². The Hall–Kier alpha value is -2.45. The highest BCUT2D eigenvalue weighted by molar-refractivity contribution is 7.13. The molecule has 0 spiro atoms. The van der Waals surface area contributed by atoms with Crippen molar-refractivity contribution in [3.8, 4) is 0 Å². The number of carbonyl (C=O) groups excluding carboxylic acids is 2. The first-order valence-corrected chi connectivity index (χ1v) is 10.6. The van der Waals surface area contributed by atoms with E-state index < -0.39 is 0 Å². The summed E-state index contributed by atoms with van der Waals surface area (Å²) in [4.78, 5) is 33.1. The Labute approximate surface area is 169 Å². The summed E-state index contributed by atoms with van der Waals surface area (Å²) in [6, 6.07) is 9.87. The molecule has 1 aromatic carbocycles. The van der Waals surface area contributed by atoms with E-state index in [-0.39, 0.29) is 11.8 Å². The number of aromatic nitrogens is 1. The van der Waals surface area contributed by atoms with Crippen LogP contribution in [0.25, 0.3) is 0 Å². The number of carbonyl (C=O) groups is 2. The number of benzene rings is 1. The number of piperazine rings is 1. The summed E-state index contributed by atoms with van der Waals surface area (Å²) >= 11 is 1.46. The lowest BCUT2D eigenvalue weighted by atomic mass is 10.2. The van der Waals surface area contributed by atoms with Gasteiger partial charge in [0, 0.05) is 44.6 Å². The Bertz CT molecular complexity index is 772. The number of anilines is 1. The minimum absolute atomic E-state index is 0.00905. The zero-order valence-corrected chi connectivity index (χ0v) is 17.0. The van der Waals surface area contributed by atoms with Crippen LogP contribution < -0.4 is 10.6 Å². The largest absolute Gasteiger partial charge is 0.362 e. The minimum atomic E-state index is -0.0334. The van der Waals surface area contributed by atoms with Crippen molar-refractivity contribution in [3.63, 3.8) is 0 Å². The van der Waals surface area contributed by atoms with Gasteiger partial charge in [-0.2, -0.15) is 0 Å². The van der Waals surface area contributed by atoms with Crippen molar-refractivity contribution in [2.75, 3.05) is 44.6 Å². The molecule has 0 atom stereocenters. The van der Waals surface area contributed by atoms with Crippen LogP contribution in [0.3, 0.4) is 0 Å². The zero-order chi connectivity index (χ0) is 19.8. The SMILES string of the molecule is CCCNc1nc(C(=O)N2CCN(CC(=O)NCc3ccccc3)CC2)cs1. The standard InChI is InChI=1S/C20H27N5O2S/c1-2-8-21-20-23-17(15-28-20)19(27)25-11-9-24(10-12-25)14-18(26)22-13-16-6-4-3-5-7-16/h3-7,15H,2,8-14H2,1H3,(H,21,23)(H,22,26). The lowest BCUT2D eigenvalue weighted by molar-refractivity contribution is -0.122. The van der Waals surface area contributed by atoms with Gasteiger partial charge in [0.1, 0.15) is 5.69 Å². The van der Waals surface area contributed by atoms with E-state index in [2.05, 4.69) is 27.4 Å². The fraction of sp³-hybridized carbons (Fsp3) is 0.450. The number of nitrogens with one attached hydrogen (secondary N) is 2. The molecule has 1 aliphatic heterocycles. The molecule has 3 rings (SSSR count). The predicted molar refractivity (Wildman–Crippen MR) is 112 cm³/mol. The zero-order valence-electron chi connectivity index (χ0n) is 16.2. The fourth-order valence-electron chi connectivity index (χ4n) is 3.01. The van der Waals surface area contributed by atoms with Crippen LogP contribution in [0.5, 0.6) is 0 Å². The summed E-state index contributed by atoms with van der Waals surface area (Å²) in [6.45, 7) is 6.44. The highest BCUT2D eigenvalue weighted by Crippen LogP contribution is 2.17. The number of hydrogen-bond donors (Lipinski definition) is 2. The maximum absolute atomic E-state index is 12.6. The molecule has 2 amide bonds. The molecule has 0 unspecified atom stereocenters. The Morgan fingerprint density at radius 3 is 2.61 bits per heavy atom. The van der Waals surface area contributed by atoms with Crippen LogP contribution in [-0.2, 0) is 11.3 Å². The van der Waals surface area contributed by atoms with Crippen molar-refractivity contribution in [1.82, 2.24) is 20.1 Å². The van der Waals surface area contributed by atoms with E-state index in [0.717, 1.165) is 23.7 Å². The van der Waals surface area contributed by atoms with E-state index in [1.165, 1.54) is 11.3 Å². The van der Waals surface area contributed by atoms with Crippen LogP contribution in [0, 0.1) is 0 Å². The average molecular weight is 402 g/mol. The van der Waals surface area contributed by atoms with E-state index in [1.807, 2.05) is 40.6 Å². The second-order valence-corrected chi connectivity index (χ2v) is 7.65. The predicted octanol–water partition coefficient (Wildman–Crippen LogP) is 2.04. The monoisotopic (exact) mass is 401 g/mol. The van der Waals surface area contributed by atoms with E-state index in [1.54, 1.807) is 0 Å². The molecular formula is C20H27N5O2S. The van der Waals surface area contributed by atoms with Gasteiger partial charge < -0.3 is 15.5 Å². The van der Waals surface area contributed by atoms with Crippen molar-refractivity contribution in [2.24, 2.45) is 0 Å². The molecule has 150 valence electrons. The first-order valence-electron chi connectivity index (χ1n) is 9.67. The van der Waals surface area contributed by atoms with Gasteiger partial charge >= 0.3 is 0 Å². The van der Waals surface area contributed by atoms with Crippen molar-refractivity contribution in [3.05, 3.63) is 47.0 Å². The van der Waals surface area contributed by atoms with Crippen molar-refractivity contribution in [2.45, 2.75) is 19.9 Å². The van der Waals surface area contributed by atoms with E-state index in [4.69, 9.17) is 0 Å². The molecule has 0 saturated carbocycles. The molecule has 0 aliphatic carbocycles. The Balaban J connectivity index is 1.40. The van der Waals surface area contributed by atoms with Crippen molar-refractivity contribution >= 4 is 28.3 Å². The number of thiazole rings is 1. The summed E-state index contributed by atoms with van der Waals surface area (Å²) < 4.78 is 0. The summed E-state index contributed by atoms with van der Waals surface area (Å²) in [5.74, 6) is -0.0243. The molecule has 2 N–H and O–H groups in total. The van der Waals surface area contributed by atoms with E-state index in [0.29, 0.717) is 45.0 Å². The van der Waals surface area contributed by atoms with Crippen LogP contribution in [0.4, 0.5) is 5.13 Å². The molecule has 8 heteroatoms. The summed E-state index contributed by atoms with van der Waals surface area (Å²) in [7, 11) is 0. The van der Waals surface area contributed by atoms with Gasteiger partial charge in [-0.1, -0.05) is 37.3 Å². The second-order valence-electron chi connectivity index (χ2n) is 6.80. The quantitative estimate of drug-likeness (QED) is 0.708. The average Bonchev–Trinajstić information content (AvgIpc) is 3.20. The van der Waals surface area contributed by atoms with Gasteiger partial charge in [0.15, 0.2) is 5.13 Å². The van der Waals surface area contributed by atoms with Gasteiger partial charge in [0.2, 0.25) is 5.91 Å². The number of hydrogen-bond acceptors (Lipinski definition) is 6. The van der Waals surface area contributed by atoms with Gasteiger partial charge in [-0.05, 0) is 12.0 Å². The van der Waals surface area contributed by atoms with E-state index in [9.17, 15) is 9.59 Å². The molecule has 1 aromatic heterocycles. The molecule has 2 aromatic rings. The van der Waals surface area contributed by atoms with Gasteiger partial charge in [0.25, 0.3) is 5.91 Å². The second kappa shape index (κ2) is 10.2. The molecule has 2 heterocycles. The van der Waals surface area contributed by atoms with Crippen LogP contribution in [0.15, 0.2) is 35.7 Å². The maximum atomic E-state index is 12.6. The lowest BCUT2D eigenvalue weighted by Gasteiger charge is -2.33. The highest BCUT2D eigenvalue weighted by Gasteiger charge is 2.24.